The van der Waals surface area contributed by atoms with Crippen molar-refractivity contribution in [1.82, 2.24) is 9.80 Å². The minimum Gasteiger partial charge on any atom is -0.398 e. The summed E-state index contributed by atoms with van der Waals surface area (Å²) in [4.78, 5) is 32.0. The number of hydrogen-bond acceptors (Lipinski definition) is 4. The zero-order chi connectivity index (χ0) is 19.0. The molecule has 1 aromatic carbocycles. The second-order valence-corrected chi connectivity index (χ2v) is 8.06. The highest BCUT2D eigenvalue weighted by Crippen LogP contribution is 2.33. The van der Waals surface area contributed by atoms with Gasteiger partial charge in [0.1, 0.15) is 0 Å². The van der Waals surface area contributed by atoms with E-state index in [-0.39, 0.29) is 42.5 Å². The Balaban J connectivity index is 0.00000150. The first-order valence-electron chi connectivity index (χ1n) is 10.3. The van der Waals surface area contributed by atoms with E-state index in [1.165, 1.54) is 6.42 Å². The van der Waals surface area contributed by atoms with Crippen molar-refractivity contribution in [3.05, 3.63) is 23.8 Å². The number of benzene rings is 1. The molecule has 2 saturated heterocycles. The van der Waals surface area contributed by atoms with Gasteiger partial charge in [-0.15, -0.1) is 24.8 Å². The zero-order valence-corrected chi connectivity index (χ0v) is 18.6. The van der Waals surface area contributed by atoms with Gasteiger partial charge in [0.25, 0.3) is 0 Å². The molecule has 0 spiro atoms. The summed E-state index contributed by atoms with van der Waals surface area (Å²) in [6.07, 6.45) is 4.52. The lowest BCUT2D eigenvalue weighted by Gasteiger charge is -2.32. The summed E-state index contributed by atoms with van der Waals surface area (Å²) in [6.45, 7) is 6.36. The molecular weight excluding hydrogens is 411 g/mol. The smallest absolute Gasteiger partial charge is 0.232 e. The van der Waals surface area contributed by atoms with Gasteiger partial charge in [0.2, 0.25) is 11.8 Å². The van der Waals surface area contributed by atoms with Crippen LogP contribution in [0.3, 0.4) is 0 Å². The van der Waals surface area contributed by atoms with Gasteiger partial charge in [0.05, 0.1) is 5.92 Å². The number of nitrogen functional groups attached to an aromatic ring is 1. The first kappa shape index (κ1) is 23.8. The predicted molar refractivity (Wildman–Crippen MR) is 121 cm³/mol. The van der Waals surface area contributed by atoms with Crippen molar-refractivity contribution in [2.75, 3.05) is 43.4 Å². The van der Waals surface area contributed by atoms with Gasteiger partial charge in [0, 0.05) is 43.5 Å². The number of rotatable bonds is 4. The van der Waals surface area contributed by atoms with Crippen LogP contribution in [0.2, 0.25) is 0 Å². The van der Waals surface area contributed by atoms with E-state index in [1.807, 2.05) is 28.0 Å². The quantitative estimate of drug-likeness (QED) is 0.727. The van der Waals surface area contributed by atoms with Crippen molar-refractivity contribution in [2.45, 2.75) is 45.1 Å². The molecule has 0 radical (unpaired) electrons. The summed E-state index contributed by atoms with van der Waals surface area (Å²) in [5, 5.41) is 0. The van der Waals surface area contributed by atoms with E-state index in [9.17, 15) is 9.59 Å². The van der Waals surface area contributed by atoms with E-state index < -0.39 is 0 Å². The van der Waals surface area contributed by atoms with Crippen LogP contribution in [0, 0.1) is 5.92 Å². The molecule has 8 heteroatoms. The second-order valence-electron chi connectivity index (χ2n) is 8.06. The van der Waals surface area contributed by atoms with Gasteiger partial charge in [-0.2, -0.15) is 0 Å². The molecule has 162 valence electrons. The number of fused-ring (bicyclic) bond motifs is 1. The maximum Gasteiger partial charge on any atom is 0.232 e. The summed E-state index contributed by atoms with van der Waals surface area (Å²) in [5.74, 6) is -0.0290. The van der Waals surface area contributed by atoms with Gasteiger partial charge in [0.15, 0.2) is 0 Å². The molecule has 2 atom stereocenters. The van der Waals surface area contributed by atoms with E-state index in [1.54, 1.807) is 0 Å². The molecule has 1 aromatic rings. The summed E-state index contributed by atoms with van der Waals surface area (Å²) in [5.41, 5.74) is 8.88. The van der Waals surface area contributed by atoms with Crippen LogP contribution in [0.15, 0.2) is 18.2 Å². The standard InChI is InChI=1S/C21H30N4O2.2ClH/c1-2-23-10-4-6-16(23)14-24-13-15(12-20(24)26)21(27)25-11-5-7-17-18(22)8-3-9-19(17)25;;/h3,8-9,15-16H,2,4-7,10-14,22H2,1H3;2*1H. The topological polar surface area (TPSA) is 69.9 Å². The van der Waals surface area contributed by atoms with E-state index in [0.717, 1.165) is 55.8 Å². The van der Waals surface area contributed by atoms with Crippen LogP contribution >= 0.6 is 24.8 Å². The molecule has 29 heavy (non-hydrogen) atoms. The van der Waals surface area contributed by atoms with Crippen LogP contribution in [0.4, 0.5) is 11.4 Å². The van der Waals surface area contributed by atoms with Crippen molar-refractivity contribution in [3.63, 3.8) is 0 Å². The number of anilines is 2. The van der Waals surface area contributed by atoms with Gasteiger partial charge in [-0.25, -0.2) is 0 Å². The van der Waals surface area contributed by atoms with Crippen molar-refractivity contribution < 1.29 is 9.59 Å². The molecule has 2 N–H and O–H groups in total. The maximum absolute atomic E-state index is 13.2. The van der Waals surface area contributed by atoms with E-state index in [0.29, 0.717) is 25.6 Å². The Morgan fingerprint density at radius 1 is 1.21 bits per heavy atom. The molecule has 0 aromatic heterocycles. The van der Waals surface area contributed by atoms with Crippen LogP contribution in [0.25, 0.3) is 0 Å². The lowest BCUT2D eigenvalue weighted by molar-refractivity contribution is -0.129. The first-order chi connectivity index (χ1) is 13.1. The highest BCUT2D eigenvalue weighted by Gasteiger charge is 2.39. The minimum absolute atomic E-state index is 0. The SMILES string of the molecule is CCN1CCCC1CN1CC(C(=O)N2CCCc3c(N)cccc32)CC1=O.Cl.Cl. The number of carbonyl (C=O) groups is 2. The largest absolute Gasteiger partial charge is 0.398 e. The summed E-state index contributed by atoms with van der Waals surface area (Å²) in [7, 11) is 0. The number of likely N-dealkylation sites (N-methyl/N-ethyl adjacent to an activating group) is 1. The third-order valence-corrected chi connectivity index (χ3v) is 6.45. The third-order valence-electron chi connectivity index (χ3n) is 6.45. The molecule has 6 nitrogen and oxygen atoms in total. The van der Waals surface area contributed by atoms with E-state index in [2.05, 4.69) is 11.8 Å². The molecule has 4 rings (SSSR count). The molecule has 2 amide bonds. The Bertz CT molecular complexity index is 745. The second kappa shape index (κ2) is 10.0. The number of amides is 2. The molecule has 0 bridgehead atoms. The molecule has 2 unspecified atom stereocenters. The summed E-state index contributed by atoms with van der Waals surface area (Å²) >= 11 is 0. The van der Waals surface area contributed by atoms with Crippen molar-refractivity contribution in [3.8, 4) is 0 Å². The fraction of sp³-hybridized carbons (Fsp3) is 0.619. The molecule has 2 fully saturated rings. The number of halogens is 2. The van der Waals surface area contributed by atoms with Crippen molar-refractivity contribution >= 4 is 48.0 Å². The number of nitrogens with two attached hydrogens (primary N) is 1. The van der Waals surface area contributed by atoms with E-state index in [4.69, 9.17) is 5.73 Å². The maximum atomic E-state index is 13.2. The third kappa shape index (κ3) is 4.65. The van der Waals surface area contributed by atoms with Crippen LogP contribution in [-0.4, -0.2) is 60.4 Å². The molecule has 0 aliphatic carbocycles. The van der Waals surface area contributed by atoms with Crippen molar-refractivity contribution in [2.24, 2.45) is 5.92 Å². The van der Waals surface area contributed by atoms with Gasteiger partial charge in [-0.3, -0.25) is 14.5 Å². The van der Waals surface area contributed by atoms with Crippen molar-refractivity contribution in [1.29, 1.82) is 0 Å². The van der Waals surface area contributed by atoms with Crippen LogP contribution < -0.4 is 10.6 Å². The highest BCUT2D eigenvalue weighted by molar-refractivity contribution is 6.00. The van der Waals surface area contributed by atoms with Crippen LogP contribution in [-0.2, 0) is 16.0 Å². The fourth-order valence-electron chi connectivity index (χ4n) is 4.99. The Kier molecular flexibility index (Phi) is 8.20. The van der Waals surface area contributed by atoms with Gasteiger partial charge < -0.3 is 15.5 Å². The number of likely N-dealkylation sites (tertiary alicyclic amines) is 2. The lowest BCUT2D eigenvalue weighted by Crippen LogP contribution is -2.43. The summed E-state index contributed by atoms with van der Waals surface area (Å²) < 4.78 is 0. The minimum atomic E-state index is -0.235. The van der Waals surface area contributed by atoms with Crippen LogP contribution in [0.5, 0.6) is 0 Å². The molecule has 3 aliphatic rings. The van der Waals surface area contributed by atoms with Gasteiger partial charge >= 0.3 is 0 Å². The zero-order valence-electron chi connectivity index (χ0n) is 17.0. The highest BCUT2D eigenvalue weighted by atomic mass is 35.5. The average Bonchev–Trinajstić information content (AvgIpc) is 3.28. The van der Waals surface area contributed by atoms with E-state index >= 15 is 0 Å². The lowest BCUT2D eigenvalue weighted by atomic mass is 9.97. The fourth-order valence-corrected chi connectivity index (χ4v) is 4.99. The summed E-state index contributed by atoms with van der Waals surface area (Å²) in [6, 6.07) is 6.23. The Morgan fingerprint density at radius 2 is 2.00 bits per heavy atom. The number of nitrogens with zero attached hydrogens (tertiary/aromatic N) is 3. The normalized spacial score (nSPS) is 24.1. The Hall–Kier alpha value is -1.50. The molecular formula is C21H32Cl2N4O2. The Labute approximate surface area is 185 Å². The molecule has 0 saturated carbocycles. The average molecular weight is 443 g/mol. The first-order valence-corrected chi connectivity index (χ1v) is 10.3. The Morgan fingerprint density at radius 3 is 2.76 bits per heavy atom. The predicted octanol–water partition coefficient (Wildman–Crippen LogP) is 2.72. The van der Waals surface area contributed by atoms with Crippen LogP contribution in [0.1, 0.15) is 38.2 Å². The molecule has 3 heterocycles. The number of carbonyl (C=O) groups excluding carboxylic acids is 2. The molecule has 3 aliphatic heterocycles. The number of hydrogen-bond donors (Lipinski definition) is 1. The van der Waals surface area contributed by atoms with Gasteiger partial charge in [-0.05, 0) is 56.5 Å². The monoisotopic (exact) mass is 442 g/mol. The van der Waals surface area contributed by atoms with Gasteiger partial charge in [-0.1, -0.05) is 13.0 Å².